The second-order valence-electron chi connectivity index (χ2n) is 6.80. The highest BCUT2D eigenvalue weighted by molar-refractivity contribution is 5.58. The van der Waals surface area contributed by atoms with E-state index in [1.54, 1.807) is 7.11 Å². The van der Waals surface area contributed by atoms with Crippen LogP contribution in [0.5, 0.6) is 5.75 Å². The van der Waals surface area contributed by atoms with Crippen molar-refractivity contribution in [3.63, 3.8) is 0 Å². The molecule has 1 aromatic heterocycles. The van der Waals surface area contributed by atoms with Crippen molar-refractivity contribution in [3.05, 3.63) is 47.5 Å². The molecule has 3 rings (SSSR count). The molecule has 0 radical (unpaired) electrons. The van der Waals surface area contributed by atoms with E-state index in [9.17, 15) is 0 Å². The van der Waals surface area contributed by atoms with Crippen LogP contribution in [0.3, 0.4) is 0 Å². The molecule has 2 heterocycles. The summed E-state index contributed by atoms with van der Waals surface area (Å²) < 4.78 is 5.53. The van der Waals surface area contributed by atoms with E-state index in [-0.39, 0.29) is 6.04 Å². The van der Waals surface area contributed by atoms with Crippen LogP contribution in [0.4, 0.5) is 5.69 Å². The molecule has 134 valence electrons. The smallest absolute Gasteiger partial charge is 0.142 e. The number of aromatic nitrogens is 2. The second-order valence-corrected chi connectivity index (χ2v) is 6.80. The van der Waals surface area contributed by atoms with Crippen LogP contribution in [0.1, 0.15) is 42.9 Å². The van der Waals surface area contributed by atoms with Gasteiger partial charge in [0.05, 0.1) is 12.8 Å². The molecular formula is C20H28N4O. The van der Waals surface area contributed by atoms with Crippen molar-refractivity contribution in [1.82, 2.24) is 15.3 Å². The molecule has 0 amide bonds. The fraction of sp³-hybridized carbons (Fsp3) is 0.500. The SMILES string of the molecule is COc1ccccc1N1CCC[C@@H](N[C@@H](C)c2cnc(C)nc2C)C1. The van der Waals surface area contributed by atoms with Crippen LogP contribution in [-0.4, -0.2) is 36.2 Å². The van der Waals surface area contributed by atoms with Gasteiger partial charge in [0.25, 0.3) is 0 Å². The number of methoxy groups -OCH3 is 1. The molecule has 0 spiro atoms. The number of hydrogen-bond acceptors (Lipinski definition) is 5. The van der Waals surface area contributed by atoms with Gasteiger partial charge in [-0.1, -0.05) is 12.1 Å². The van der Waals surface area contributed by atoms with Crippen LogP contribution in [0.15, 0.2) is 30.5 Å². The molecule has 1 aliphatic rings. The first kappa shape index (κ1) is 17.7. The van der Waals surface area contributed by atoms with E-state index in [2.05, 4.69) is 46.2 Å². The molecule has 2 atom stereocenters. The van der Waals surface area contributed by atoms with Crippen molar-refractivity contribution < 1.29 is 4.74 Å². The number of nitrogens with one attached hydrogen (secondary N) is 1. The average Bonchev–Trinajstić information content (AvgIpc) is 2.61. The van der Waals surface area contributed by atoms with Gasteiger partial charge in [0.2, 0.25) is 0 Å². The van der Waals surface area contributed by atoms with Gasteiger partial charge in [-0.15, -0.1) is 0 Å². The van der Waals surface area contributed by atoms with Gasteiger partial charge in [-0.2, -0.15) is 0 Å². The van der Waals surface area contributed by atoms with Gasteiger partial charge in [0.1, 0.15) is 11.6 Å². The first-order valence-electron chi connectivity index (χ1n) is 9.02. The molecule has 0 aliphatic carbocycles. The van der Waals surface area contributed by atoms with Gasteiger partial charge in [0, 0.05) is 42.6 Å². The lowest BCUT2D eigenvalue weighted by molar-refractivity contribution is 0.379. The normalized spacial score (nSPS) is 18.9. The van der Waals surface area contributed by atoms with Crippen LogP contribution < -0.4 is 15.0 Å². The maximum absolute atomic E-state index is 5.53. The Bertz CT molecular complexity index is 719. The highest BCUT2D eigenvalue weighted by Gasteiger charge is 2.24. The summed E-state index contributed by atoms with van der Waals surface area (Å²) in [5, 5.41) is 3.77. The molecule has 1 N–H and O–H groups in total. The third-order valence-electron chi connectivity index (χ3n) is 4.94. The Morgan fingerprint density at radius 1 is 1.28 bits per heavy atom. The average molecular weight is 340 g/mol. The van der Waals surface area contributed by atoms with Crippen LogP contribution in [-0.2, 0) is 0 Å². The van der Waals surface area contributed by atoms with Crippen LogP contribution in [0.25, 0.3) is 0 Å². The number of anilines is 1. The van der Waals surface area contributed by atoms with Crippen molar-refractivity contribution >= 4 is 5.69 Å². The van der Waals surface area contributed by atoms with Gasteiger partial charge >= 0.3 is 0 Å². The minimum Gasteiger partial charge on any atom is -0.495 e. The number of piperidine rings is 1. The van der Waals surface area contributed by atoms with Crippen LogP contribution in [0.2, 0.25) is 0 Å². The van der Waals surface area contributed by atoms with Crippen molar-refractivity contribution in [2.45, 2.75) is 45.7 Å². The quantitative estimate of drug-likeness (QED) is 0.904. The molecule has 2 aromatic rings. The Hall–Kier alpha value is -2.14. The maximum atomic E-state index is 5.53. The number of hydrogen-bond donors (Lipinski definition) is 1. The minimum absolute atomic E-state index is 0.239. The Labute approximate surface area is 150 Å². The Morgan fingerprint density at radius 3 is 2.84 bits per heavy atom. The molecule has 0 bridgehead atoms. The summed E-state index contributed by atoms with van der Waals surface area (Å²) in [7, 11) is 1.74. The summed E-state index contributed by atoms with van der Waals surface area (Å²) in [5.74, 6) is 1.77. The largest absolute Gasteiger partial charge is 0.495 e. The van der Waals surface area contributed by atoms with Crippen molar-refractivity contribution in [3.8, 4) is 5.75 Å². The highest BCUT2D eigenvalue weighted by atomic mass is 16.5. The molecule has 0 unspecified atom stereocenters. The topological polar surface area (TPSA) is 50.3 Å². The number of rotatable bonds is 5. The Balaban J connectivity index is 1.69. The van der Waals surface area contributed by atoms with Crippen molar-refractivity contribution in [2.75, 3.05) is 25.1 Å². The van der Waals surface area contributed by atoms with Crippen LogP contribution >= 0.6 is 0 Å². The maximum Gasteiger partial charge on any atom is 0.142 e. The summed E-state index contributed by atoms with van der Waals surface area (Å²) in [6, 6.07) is 8.94. The van der Waals surface area contributed by atoms with E-state index in [4.69, 9.17) is 4.74 Å². The van der Waals surface area contributed by atoms with Crippen molar-refractivity contribution in [2.24, 2.45) is 0 Å². The molecule has 1 saturated heterocycles. The molecule has 25 heavy (non-hydrogen) atoms. The van der Waals surface area contributed by atoms with E-state index in [1.807, 2.05) is 25.3 Å². The minimum atomic E-state index is 0.239. The lowest BCUT2D eigenvalue weighted by atomic mass is 10.0. The predicted molar refractivity (Wildman–Crippen MR) is 101 cm³/mol. The number of aryl methyl sites for hydroxylation is 2. The molecule has 1 aliphatic heterocycles. The van der Waals surface area contributed by atoms with E-state index in [0.29, 0.717) is 6.04 Å². The van der Waals surface area contributed by atoms with Gasteiger partial charge in [-0.25, -0.2) is 9.97 Å². The standard InChI is InChI=1S/C20H28N4O/c1-14-18(12-21-16(3)22-14)15(2)23-17-8-7-11-24(13-17)19-9-5-6-10-20(19)25-4/h5-6,9-10,12,15,17,23H,7-8,11,13H2,1-4H3/t15-,17+/m0/s1. The first-order valence-corrected chi connectivity index (χ1v) is 9.02. The first-order chi connectivity index (χ1) is 12.1. The zero-order valence-electron chi connectivity index (χ0n) is 15.6. The molecule has 1 aromatic carbocycles. The predicted octanol–water partition coefficient (Wildman–Crippen LogP) is 3.42. The Morgan fingerprint density at radius 2 is 2.08 bits per heavy atom. The van der Waals surface area contributed by atoms with E-state index < -0.39 is 0 Å². The summed E-state index contributed by atoms with van der Waals surface area (Å²) >= 11 is 0. The molecule has 5 heteroatoms. The fourth-order valence-electron chi connectivity index (χ4n) is 3.68. The lowest BCUT2D eigenvalue weighted by Crippen LogP contribution is -2.46. The fourth-order valence-corrected chi connectivity index (χ4v) is 3.68. The van der Waals surface area contributed by atoms with E-state index >= 15 is 0 Å². The molecule has 5 nitrogen and oxygen atoms in total. The number of nitrogens with zero attached hydrogens (tertiary/aromatic N) is 3. The zero-order chi connectivity index (χ0) is 17.8. The summed E-state index contributed by atoms with van der Waals surface area (Å²) in [6.45, 7) is 8.24. The van der Waals surface area contributed by atoms with Crippen LogP contribution in [0, 0.1) is 13.8 Å². The van der Waals surface area contributed by atoms with Gasteiger partial charge in [0.15, 0.2) is 0 Å². The third kappa shape index (κ3) is 4.10. The summed E-state index contributed by atoms with van der Waals surface area (Å²) in [4.78, 5) is 11.3. The summed E-state index contributed by atoms with van der Waals surface area (Å²) in [5.41, 5.74) is 3.42. The van der Waals surface area contributed by atoms with E-state index in [1.165, 1.54) is 24.1 Å². The van der Waals surface area contributed by atoms with Gasteiger partial charge < -0.3 is 15.0 Å². The summed E-state index contributed by atoms with van der Waals surface area (Å²) in [6.07, 6.45) is 4.31. The Kier molecular flexibility index (Phi) is 5.53. The number of benzene rings is 1. The van der Waals surface area contributed by atoms with Gasteiger partial charge in [-0.3, -0.25) is 0 Å². The second kappa shape index (κ2) is 7.83. The number of ether oxygens (including phenoxy) is 1. The zero-order valence-corrected chi connectivity index (χ0v) is 15.6. The van der Waals surface area contributed by atoms with E-state index in [0.717, 1.165) is 30.4 Å². The van der Waals surface area contributed by atoms with Crippen molar-refractivity contribution in [1.29, 1.82) is 0 Å². The molecular weight excluding hydrogens is 312 g/mol. The molecule has 1 fully saturated rings. The highest BCUT2D eigenvalue weighted by Crippen LogP contribution is 2.30. The molecule has 0 saturated carbocycles. The monoisotopic (exact) mass is 340 g/mol. The number of para-hydroxylation sites is 2. The lowest BCUT2D eigenvalue weighted by Gasteiger charge is -2.37. The third-order valence-corrected chi connectivity index (χ3v) is 4.94. The van der Waals surface area contributed by atoms with Gasteiger partial charge in [-0.05, 0) is 45.7 Å².